The molecule has 1 amide bonds. The van der Waals surface area contributed by atoms with E-state index in [0.29, 0.717) is 0 Å². The molecule has 0 aliphatic carbocycles. The third kappa shape index (κ3) is 4.00. The van der Waals surface area contributed by atoms with Crippen LogP contribution in [0.25, 0.3) is 6.08 Å². The molecule has 0 fully saturated rings. The van der Waals surface area contributed by atoms with Crippen LogP contribution in [0.2, 0.25) is 0 Å². The number of hydrogen-bond donors (Lipinski definition) is 2. The van der Waals surface area contributed by atoms with Gasteiger partial charge in [-0.1, -0.05) is 6.07 Å². The number of rotatable bonds is 5. The Morgan fingerprint density at radius 3 is 3.00 bits per heavy atom. The average Bonchev–Trinajstić information content (AvgIpc) is 3.05. The molecule has 2 N–H and O–H groups in total. The van der Waals surface area contributed by atoms with E-state index in [0.717, 1.165) is 14.8 Å². The van der Waals surface area contributed by atoms with Gasteiger partial charge in [0, 0.05) is 22.0 Å². The molecule has 1 atom stereocenters. The third-order valence-corrected chi connectivity index (χ3v) is 4.70. The standard InChI is InChI=1S/C14H16N2O2S2/c1-10-15-8-11(20-10)5-6-13(17)16-9-14(2,18)12-4-3-7-19-12/h3-8,18H,9H2,1-2H3,(H,16,17). The van der Waals surface area contributed by atoms with Gasteiger partial charge in [-0.15, -0.1) is 22.7 Å². The van der Waals surface area contributed by atoms with E-state index in [-0.39, 0.29) is 12.5 Å². The molecule has 2 heterocycles. The highest BCUT2D eigenvalue weighted by atomic mass is 32.1. The smallest absolute Gasteiger partial charge is 0.244 e. The number of carbonyl (C=O) groups excluding carboxylic acids is 1. The summed E-state index contributed by atoms with van der Waals surface area (Å²) in [6, 6.07) is 3.73. The van der Waals surface area contributed by atoms with Gasteiger partial charge in [-0.3, -0.25) is 4.79 Å². The lowest BCUT2D eigenvalue weighted by Gasteiger charge is -2.21. The number of aryl methyl sites for hydroxylation is 1. The molecule has 0 aromatic carbocycles. The Balaban J connectivity index is 1.88. The second kappa shape index (κ2) is 6.30. The van der Waals surface area contributed by atoms with Crippen LogP contribution in [0.4, 0.5) is 0 Å². The van der Waals surface area contributed by atoms with E-state index in [4.69, 9.17) is 0 Å². The minimum atomic E-state index is -1.04. The summed E-state index contributed by atoms with van der Waals surface area (Å²) in [6.07, 6.45) is 4.91. The maximum atomic E-state index is 11.7. The highest BCUT2D eigenvalue weighted by molar-refractivity contribution is 7.12. The minimum absolute atomic E-state index is 0.179. The number of aromatic nitrogens is 1. The van der Waals surface area contributed by atoms with Gasteiger partial charge in [-0.25, -0.2) is 4.98 Å². The lowest BCUT2D eigenvalue weighted by atomic mass is 10.1. The Morgan fingerprint density at radius 2 is 2.40 bits per heavy atom. The molecule has 0 bridgehead atoms. The fourth-order valence-corrected chi connectivity index (χ4v) is 3.08. The molecule has 0 aliphatic rings. The van der Waals surface area contributed by atoms with Crippen LogP contribution in [0.3, 0.4) is 0 Å². The summed E-state index contributed by atoms with van der Waals surface area (Å²) < 4.78 is 0. The first kappa shape index (κ1) is 14.9. The maximum absolute atomic E-state index is 11.7. The van der Waals surface area contributed by atoms with Crippen molar-refractivity contribution in [3.63, 3.8) is 0 Å². The predicted molar refractivity (Wildman–Crippen MR) is 82.8 cm³/mol. The molecule has 2 aromatic heterocycles. The Kier molecular flexibility index (Phi) is 4.69. The predicted octanol–water partition coefficient (Wildman–Crippen LogP) is 2.55. The van der Waals surface area contributed by atoms with Crippen molar-refractivity contribution in [2.24, 2.45) is 0 Å². The van der Waals surface area contributed by atoms with Crippen molar-refractivity contribution in [1.82, 2.24) is 10.3 Å². The Morgan fingerprint density at radius 1 is 1.60 bits per heavy atom. The first-order valence-electron chi connectivity index (χ1n) is 6.12. The van der Waals surface area contributed by atoms with Gasteiger partial charge in [-0.2, -0.15) is 0 Å². The summed E-state index contributed by atoms with van der Waals surface area (Å²) in [4.78, 5) is 17.6. The lowest BCUT2D eigenvalue weighted by Crippen LogP contribution is -2.37. The number of carbonyl (C=O) groups is 1. The Hall–Kier alpha value is -1.50. The molecule has 0 saturated carbocycles. The van der Waals surface area contributed by atoms with Gasteiger partial charge < -0.3 is 10.4 Å². The lowest BCUT2D eigenvalue weighted by molar-refractivity contribution is -0.117. The van der Waals surface area contributed by atoms with Gasteiger partial charge in [0.2, 0.25) is 5.91 Å². The van der Waals surface area contributed by atoms with E-state index < -0.39 is 5.60 Å². The van der Waals surface area contributed by atoms with Gasteiger partial charge in [0.25, 0.3) is 0 Å². The van der Waals surface area contributed by atoms with Crippen molar-refractivity contribution in [3.8, 4) is 0 Å². The van der Waals surface area contributed by atoms with E-state index in [1.165, 1.54) is 28.7 Å². The first-order chi connectivity index (χ1) is 9.47. The molecule has 6 heteroatoms. The molecule has 0 aliphatic heterocycles. The highest BCUT2D eigenvalue weighted by Crippen LogP contribution is 2.24. The molecule has 1 unspecified atom stereocenters. The van der Waals surface area contributed by atoms with Gasteiger partial charge in [0.15, 0.2) is 0 Å². The van der Waals surface area contributed by atoms with Crippen LogP contribution in [0, 0.1) is 6.92 Å². The van der Waals surface area contributed by atoms with Crippen molar-refractivity contribution < 1.29 is 9.90 Å². The maximum Gasteiger partial charge on any atom is 0.244 e. The number of thiazole rings is 1. The van der Waals surface area contributed by atoms with Crippen LogP contribution in [0.15, 0.2) is 29.8 Å². The largest absolute Gasteiger partial charge is 0.383 e. The molecular weight excluding hydrogens is 292 g/mol. The SMILES string of the molecule is Cc1ncc(C=CC(=O)NCC(C)(O)c2cccs2)s1. The van der Waals surface area contributed by atoms with E-state index in [9.17, 15) is 9.90 Å². The number of amides is 1. The van der Waals surface area contributed by atoms with Crippen LogP contribution in [0.5, 0.6) is 0 Å². The molecule has 106 valence electrons. The van der Waals surface area contributed by atoms with Crippen LogP contribution < -0.4 is 5.32 Å². The molecule has 0 spiro atoms. The van der Waals surface area contributed by atoms with Crippen LogP contribution in [-0.2, 0) is 10.4 Å². The summed E-state index contributed by atoms with van der Waals surface area (Å²) in [7, 11) is 0. The van der Waals surface area contributed by atoms with Crippen molar-refractivity contribution >= 4 is 34.7 Å². The van der Waals surface area contributed by atoms with Crippen LogP contribution in [-0.4, -0.2) is 22.5 Å². The number of aliphatic hydroxyl groups is 1. The molecule has 2 rings (SSSR count). The fraction of sp³-hybridized carbons (Fsp3) is 0.286. The molecule has 20 heavy (non-hydrogen) atoms. The zero-order chi connectivity index (χ0) is 14.6. The van der Waals surface area contributed by atoms with Gasteiger partial charge >= 0.3 is 0 Å². The average molecular weight is 308 g/mol. The normalized spacial score (nSPS) is 14.3. The summed E-state index contributed by atoms with van der Waals surface area (Å²) in [6.45, 7) is 3.79. The fourth-order valence-electron chi connectivity index (χ4n) is 1.60. The van der Waals surface area contributed by atoms with Crippen molar-refractivity contribution in [1.29, 1.82) is 0 Å². The second-order valence-corrected chi connectivity index (χ2v) is 6.80. The van der Waals surface area contributed by atoms with Crippen molar-refractivity contribution in [2.45, 2.75) is 19.4 Å². The van der Waals surface area contributed by atoms with E-state index in [1.807, 2.05) is 24.4 Å². The van der Waals surface area contributed by atoms with Crippen LogP contribution in [0.1, 0.15) is 21.7 Å². The molecular formula is C14H16N2O2S2. The molecule has 0 saturated heterocycles. The summed E-state index contributed by atoms with van der Waals surface area (Å²) >= 11 is 2.99. The van der Waals surface area contributed by atoms with Crippen molar-refractivity contribution in [3.05, 3.63) is 44.5 Å². The number of nitrogens with zero attached hydrogens (tertiary/aromatic N) is 1. The van der Waals surface area contributed by atoms with Crippen LogP contribution >= 0.6 is 22.7 Å². The molecule has 0 radical (unpaired) electrons. The molecule has 4 nitrogen and oxygen atoms in total. The highest BCUT2D eigenvalue weighted by Gasteiger charge is 2.24. The summed E-state index contributed by atoms with van der Waals surface area (Å²) in [5, 5.41) is 15.8. The number of nitrogens with one attached hydrogen (secondary N) is 1. The Labute approximate surface area is 125 Å². The van der Waals surface area contributed by atoms with Crippen molar-refractivity contribution in [2.75, 3.05) is 6.54 Å². The van der Waals surface area contributed by atoms with E-state index >= 15 is 0 Å². The molecule has 2 aromatic rings. The van der Waals surface area contributed by atoms with Gasteiger partial charge in [0.1, 0.15) is 5.60 Å². The second-order valence-electron chi connectivity index (χ2n) is 4.58. The summed E-state index contributed by atoms with van der Waals surface area (Å²) in [5.41, 5.74) is -1.04. The quantitative estimate of drug-likeness (QED) is 0.835. The monoisotopic (exact) mass is 308 g/mol. The van der Waals surface area contributed by atoms with Gasteiger partial charge in [0.05, 0.1) is 11.6 Å². The first-order valence-corrected chi connectivity index (χ1v) is 7.82. The van der Waals surface area contributed by atoms with E-state index in [2.05, 4.69) is 10.3 Å². The third-order valence-electron chi connectivity index (χ3n) is 2.70. The zero-order valence-corrected chi connectivity index (χ0v) is 12.9. The number of hydrogen-bond acceptors (Lipinski definition) is 5. The topological polar surface area (TPSA) is 62.2 Å². The van der Waals surface area contributed by atoms with E-state index in [1.54, 1.807) is 19.2 Å². The Bertz CT molecular complexity index is 600. The zero-order valence-electron chi connectivity index (χ0n) is 11.3. The summed E-state index contributed by atoms with van der Waals surface area (Å²) in [5.74, 6) is -0.229. The number of thiophene rings is 1. The minimum Gasteiger partial charge on any atom is -0.383 e. The van der Waals surface area contributed by atoms with Gasteiger partial charge in [-0.05, 0) is 31.4 Å².